The Labute approximate surface area is 128 Å². The second kappa shape index (κ2) is 3.40. The molecule has 6 atom stereocenters. The molecule has 9 fully saturated rings. The molecule has 0 aromatic heterocycles. The van der Waals surface area contributed by atoms with E-state index < -0.39 is 0 Å². The highest BCUT2D eigenvalue weighted by Gasteiger charge is 2.72. The summed E-state index contributed by atoms with van der Waals surface area (Å²) in [6, 6.07) is 0. The average Bonchev–Trinajstić information content (AvgIpc) is 2.76. The van der Waals surface area contributed by atoms with E-state index in [0.717, 1.165) is 53.3 Å². The Morgan fingerprint density at radius 2 is 1.29 bits per heavy atom. The summed E-state index contributed by atoms with van der Waals surface area (Å²) in [5.41, 5.74) is 0.400. The number of hydrogen-bond acceptors (Lipinski definition) is 1. The van der Waals surface area contributed by atoms with Gasteiger partial charge in [-0.05, 0) is 111 Å². The zero-order valence-corrected chi connectivity index (χ0v) is 13.0. The van der Waals surface area contributed by atoms with Gasteiger partial charge in [0.1, 0.15) is 0 Å². The molecule has 1 aliphatic heterocycles. The molecule has 0 amide bonds. The van der Waals surface area contributed by atoms with Crippen LogP contribution in [0.2, 0.25) is 0 Å². The fraction of sp³-hybridized carbons (Fsp3) is 1.00. The van der Waals surface area contributed by atoms with Gasteiger partial charge in [-0.1, -0.05) is 0 Å². The molecule has 1 saturated heterocycles. The number of hydrogen-bond donors (Lipinski definition) is 0. The molecule has 21 heavy (non-hydrogen) atoms. The molecule has 8 saturated carbocycles. The summed E-state index contributed by atoms with van der Waals surface area (Å²) in [5.74, 6) is 9.28. The molecule has 1 unspecified atom stereocenters. The van der Waals surface area contributed by atoms with E-state index in [9.17, 15) is 0 Å². The van der Waals surface area contributed by atoms with Gasteiger partial charge in [-0.25, -0.2) is 0 Å². The minimum absolute atomic E-state index is 0.400. The molecule has 1 heterocycles. The van der Waals surface area contributed by atoms with Crippen LogP contribution in [0.5, 0.6) is 0 Å². The van der Waals surface area contributed by atoms with Crippen molar-refractivity contribution < 1.29 is 4.74 Å². The molecule has 9 rings (SSSR count). The van der Waals surface area contributed by atoms with Crippen molar-refractivity contribution in [3.8, 4) is 0 Å². The van der Waals surface area contributed by atoms with Crippen molar-refractivity contribution in [1.29, 1.82) is 0 Å². The maximum Gasteiger partial charge on any atom is 0.0777 e. The first-order chi connectivity index (χ1) is 10.3. The van der Waals surface area contributed by atoms with E-state index in [1.807, 2.05) is 0 Å². The Morgan fingerprint density at radius 1 is 0.619 bits per heavy atom. The Kier molecular flexibility index (Phi) is 1.86. The zero-order chi connectivity index (χ0) is 13.3. The topological polar surface area (TPSA) is 9.23 Å². The van der Waals surface area contributed by atoms with Crippen molar-refractivity contribution in [2.24, 2.45) is 53.3 Å². The molecular weight excluding hydrogens is 256 g/mol. The Morgan fingerprint density at radius 3 is 2.05 bits per heavy atom. The molecule has 1 nitrogen and oxygen atoms in total. The van der Waals surface area contributed by atoms with Gasteiger partial charge < -0.3 is 4.74 Å². The summed E-state index contributed by atoms with van der Waals surface area (Å²) in [5, 5.41) is 0. The van der Waals surface area contributed by atoms with E-state index in [2.05, 4.69) is 0 Å². The van der Waals surface area contributed by atoms with Crippen LogP contribution in [0.1, 0.15) is 57.8 Å². The van der Waals surface area contributed by atoms with Crippen LogP contribution >= 0.6 is 0 Å². The van der Waals surface area contributed by atoms with E-state index in [-0.39, 0.29) is 0 Å². The second-order valence-electron chi connectivity index (χ2n) is 10.3. The third-order valence-corrected chi connectivity index (χ3v) is 9.61. The van der Waals surface area contributed by atoms with Crippen LogP contribution in [0.3, 0.4) is 0 Å². The Balaban J connectivity index is 1.39. The van der Waals surface area contributed by atoms with E-state index >= 15 is 0 Å². The maximum absolute atomic E-state index is 7.21. The molecule has 114 valence electrons. The van der Waals surface area contributed by atoms with Gasteiger partial charge in [0.05, 0.1) is 11.7 Å². The van der Waals surface area contributed by atoms with Gasteiger partial charge in [-0.15, -0.1) is 0 Å². The molecule has 0 radical (unpaired) electrons. The predicted octanol–water partition coefficient (Wildman–Crippen LogP) is 4.26. The van der Waals surface area contributed by atoms with E-state index in [1.54, 1.807) is 51.4 Å². The van der Waals surface area contributed by atoms with Crippen LogP contribution in [-0.4, -0.2) is 11.7 Å². The third-order valence-electron chi connectivity index (χ3n) is 9.61. The highest BCUT2D eigenvalue weighted by atomic mass is 16.5. The molecule has 0 aromatic carbocycles. The molecule has 8 aliphatic carbocycles. The van der Waals surface area contributed by atoms with Crippen LogP contribution in [0.15, 0.2) is 0 Å². The monoisotopic (exact) mass is 284 g/mol. The van der Waals surface area contributed by atoms with Crippen LogP contribution in [0.4, 0.5) is 0 Å². The quantitative estimate of drug-likeness (QED) is 0.646. The first-order valence-electron chi connectivity index (χ1n) is 9.99. The van der Waals surface area contributed by atoms with E-state index in [4.69, 9.17) is 4.74 Å². The lowest BCUT2D eigenvalue weighted by atomic mass is 9.41. The summed E-state index contributed by atoms with van der Waals surface area (Å²) in [6.07, 6.45) is 14.7. The molecular formula is C20H28O. The van der Waals surface area contributed by atoms with Gasteiger partial charge >= 0.3 is 0 Å². The van der Waals surface area contributed by atoms with Crippen LogP contribution < -0.4 is 0 Å². The fourth-order valence-electron chi connectivity index (χ4n) is 9.72. The van der Waals surface area contributed by atoms with Crippen LogP contribution in [0, 0.1) is 53.3 Å². The minimum Gasteiger partial charge on any atom is -0.370 e. The standard InChI is InChI=1S/C20H28O/c1-10-4-15-6-11(1)7-16(5-10)20(15)18-13-2-12-3-14(9-13)19(21-20)17(18)8-12/h10-19H,1-9H2/t10?,11?,12-,13+,14-,15?,16?,17?,18-,19-,20?/m1/s1. The van der Waals surface area contributed by atoms with E-state index in [1.165, 1.54) is 6.42 Å². The first kappa shape index (κ1) is 11.5. The fourth-order valence-corrected chi connectivity index (χ4v) is 9.72. The number of rotatable bonds is 0. The van der Waals surface area contributed by atoms with Gasteiger partial charge in [0, 0.05) is 0 Å². The van der Waals surface area contributed by atoms with Crippen LogP contribution in [0.25, 0.3) is 0 Å². The summed E-state index contributed by atoms with van der Waals surface area (Å²) in [4.78, 5) is 0. The smallest absolute Gasteiger partial charge is 0.0777 e. The zero-order valence-electron chi connectivity index (χ0n) is 13.0. The molecule has 0 N–H and O–H groups in total. The average molecular weight is 284 g/mol. The molecule has 9 aliphatic rings. The van der Waals surface area contributed by atoms with Crippen molar-refractivity contribution >= 4 is 0 Å². The summed E-state index contributed by atoms with van der Waals surface area (Å²) < 4.78 is 7.21. The first-order valence-corrected chi connectivity index (χ1v) is 9.99. The van der Waals surface area contributed by atoms with Gasteiger partial charge in [0.25, 0.3) is 0 Å². The largest absolute Gasteiger partial charge is 0.370 e. The maximum atomic E-state index is 7.21. The van der Waals surface area contributed by atoms with Gasteiger partial charge in [-0.3, -0.25) is 0 Å². The van der Waals surface area contributed by atoms with Crippen LogP contribution in [-0.2, 0) is 4.74 Å². The van der Waals surface area contributed by atoms with Gasteiger partial charge in [0.15, 0.2) is 0 Å². The number of ether oxygens (including phenoxy) is 1. The highest BCUT2D eigenvalue weighted by Crippen LogP contribution is 2.73. The lowest BCUT2D eigenvalue weighted by molar-refractivity contribution is -0.212. The van der Waals surface area contributed by atoms with Gasteiger partial charge in [0.2, 0.25) is 0 Å². The Bertz CT molecular complexity index is 482. The molecule has 0 aromatic rings. The lowest BCUT2D eigenvalue weighted by Gasteiger charge is -2.63. The molecule has 1 spiro atoms. The van der Waals surface area contributed by atoms with Crippen molar-refractivity contribution in [2.75, 3.05) is 0 Å². The normalized spacial score (nSPS) is 72.0. The van der Waals surface area contributed by atoms with E-state index in [0.29, 0.717) is 11.7 Å². The molecule has 10 bridgehead atoms. The summed E-state index contributed by atoms with van der Waals surface area (Å²) >= 11 is 0. The highest BCUT2D eigenvalue weighted by molar-refractivity contribution is 5.21. The van der Waals surface area contributed by atoms with Crippen molar-refractivity contribution in [1.82, 2.24) is 0 Å². The molecule has 1 heteroatoms. The summed E-state index contributed by atoms with van der Waals surface area (Å²) in [6.45, 7) is 0. The lowest BCUT2D eigenvalue weighted by Crippen LogP contribution is -2.62. The van der Waals surface area contributed by atoms with Gasteiger partial charge in [-0.2, -0.15) is 0 Å². The Hall–Kier alpha value is -0.0400. The van der Waals surface area contributed by atoms with Crippen molar-refractivity contribution in [3.63, 3.8) is 0 Å². The third kappa shape index (κ3) is 1.15. The SMILES string of the molecule is C1C2CC3CC1CC(C2)C31O[C@H]2C3C[C@H]4C[C@@H]2C[C@H](C4)[C@H]31. The second-order valence-corrected chi connectivity index (χ2v) is 10.3. The van der Waals surface area contributed by atoms with Crippen molar-refractivity contribution in [3.05, 3.63) is 0 Å². The summed E-state index contributed by atoms with van der Waals surface area (Å²) in [7, 11) is 0. The van der Waals surface area contributed by atoms with Crippen molar-refractivity contribution in [2.45, 2.75) is 69.5 Å². The minimum atomic E-state index is 0.400. The predicted molar refractivity (Wildman–Crippen MR) is 80.6 cm³/mol.